The number of amides is 4. The Labute approximate surface area is 449 Å². The number of benzene rings is 1. The number of hydrogen-bond acceptors (Lipinski definition) is 15. The lowest BCUT2D eigenvalue weighted by molar-refractivity contribution is -0.135. The molecule has 0 saturated carbocycles. The molecule has 0 fully saturated rings. The van der Waals surface area contributed by atoms with E-state index in [4.69, 9.17) is 11.6 Å². The SMILES string of the molecule is CC(C)CC(CC(=O)C(CO)NC(=O)C(Cc1cnc[nH]1)NC(=O)CON)C(=O)NCC(=O)CC(CCCCN)C(=O)CC(Cc1c[nH]c2ccccc12)C(=O)NC(CC(C)C)C(=O)CCC(=O)CC(C)Cc1cnc[nH]1. The second kappa shape index (κ2) is 32.7. The monoisotopic (exact) mass is 1070 g/mol. The van der Waals surface area contributed by atoms with E-state index < -0.39 is 97.3 Å². The number of rotatable bonds is 39. The van der Waals surface area contributed by atoms with Gasteiger partial charge in [-0.2, -0.15) is 0 Å². The van der Waals surface area contributed by atoms with Crippen LogP contribution in [0.25, 0.3) is 10.9 Å². The summed E-state index contributed by atoms with van der Waals surface area (Å²) in [5, 5.41) is 21.6. The fourth-order valence-corrected chi connectivity index (χ4v) is 9.50. The normalized spacial score (nSPS) is 14.3. The Kier molecular flexibility index (Phi) is 26.7. The quantitative estimate of drug-likeness (QED) is 0.0227. The number of aromatic amines is 3. The maximum Gasteiger partial charge on any atom is 0.248 e. The predicted molar refractivity (Wildman–Crippen MR) is 287 cm³/mol. The van der Waals surface area contributed by atoms with E-state index in [0.29, 0.717) is 37.9 Å². The van der Waals surface area contributed by atoms with Crippen LogP contribution in [0.5, 0.6) is 0 Å². The van der Waals surface area contributed by atoms with Crippen LogP contribution in [0.1, 0.15) is 122 Å². The molecule has 22 heteroatoms. The molecule has 77 heavy (non-hydrogen) atoms. The number of nitrogens with two attached hydrogens (primary N) is 2. The fraction of sp³-hybridized carbons (Fsp3) is 0.582. The third kappa shape index (κ3) is 22.0. The number of nitrogens with one attached hydrogen (secondary N) is 7. The van der Waals surface area contributed by atoms with Crippen molar-refractivity contribution in [3.8, 4) is 0 Å². The summed E-state index contributed by atoms with van der Waals surface area (Å²) in [7, 11) is 0. The molecule has 4 aromatic rings. The van der Waals surface area contributed by atoms with Crippen molar-refractivity contribution in [2.24, 2.45) is 47.1 Å². The third-order valence-corrected chi connectivity index (χ3v) is 13.4. The number of H-pyrrole nitrogens is 3. The Balaban J connectivity index is 1.46. The van der Waals surface area contributed by atoms with Crippen LogP contribution in [0.2, 0.25) is 0 Å². The molecular formula is C55H81N11O11. The number of aliphatic hydroxyl groups excluding tert-OH is 1. The topological polar surface area (TPSA) is 356 Å². The lowest BCUT2D eigenvalue weighted by atomic mass is 9.84. The summed E-state index contributed by atoms with van der Waals surface area (Å²) in [6.07, 6.45) is 9.87. The van der Waals surface area contributed by atoms with Gasteiger partial charge in [0.2, 0.25) is 23.6 Å². The predicted octanol–water partition coefficient (Wildman–Crippen LogP) is 2.99. The van der Waals surface area contributed by atoms with Gasteiger partial charge in [-0.15, -0.1) is 0 Å². The van der Waals surface area contributed by atoms with E-state index in [-0.39, 0.29) is 92.9 Å². The summed E-state index contributed by atoms with van der Waals surface area (Å²) in [6.45, 7) is 8.03. The zero-order valence-electron chi connectivity index (χ0n) is 45.2. The molecule has 3 aromatic heterocycles. The minimum Gasteiger partial charge on any atom is -0.394 e. The van der Waals surface area contributed by atoms with Crippen molar-refractivity contribution in [3.05, 3.63) is 72.5 Å². The average molecular weight is 1070 g/mol. The van der Waals surface area contributed by atoms with Crippen LogP contribution < -0.4 is 32.9 Å². The zero-order valence-corrected chi connectivity index (χ0v) is 45.2. The molecule has 7 atom stereocenters. The van der Waals surface area contributed by atoms with E-state index in [2.05, 4.69) is 51.0 Å². The summed E-state index contributed by atoms with van der Waals surface area (Å²) in [4.78, 5) is 144. The van der Waals surface area contributed by atoms with Gasteiger partial charge in [-0.25, -0.2) is 15.9 Å². The molecule has 0 saturated heterocycles. The maximum absolute atomic E-state index is 14.5. The first-order chi connectivity index (χ1) is 36.8. The van der Waals surface area contributed by atoms with Crippen LogP contribution in [0.3, 0.4) is 0 Å². The molecule has 0 bridgehead atoms. The van der Waals surface area contributed by atoms with Gasteiger partial charge in [-0.1, -0.05) is 59.2 Å². The second-order valence-corrected chi connectivity index (χ2v) is 21.1. The molecule has 4 rings (SSSR count). The number of hydrogen-bond donors (Lipinski definition) is 10. The van der Waals surface area contributed by atoms with Gasteiger partial charge in [0, 0.05) is 104 Å². The zero-order chi connectivity index (χ0) is 56.4. The van der Waals surface area contributed by atoms with Crippen LogP contribution in [0, 0.1) is 35.5 Å². The van der Waals surface area contributed by atoms with Crippen LogP contribution in [-0.4, -0.2) is 127 Å². The van der Waals surface area contributed by atoms with E-state index >= 15 is 0 Å². The fourth-order valence-electron chi connectivity index (χ4n) is 9.50. The lowest BCUT2D eigenvalue weighted by Gasteiger charge is -2.25. The molecule has 4 amide bonds. The first-order valence-corrected chi connectivity index (χ1v) is 26.7. The molecule has 0 aliphatic heterocycles. The number of carbonyl (C=O) groups is 9. The summed E-state index contributed by atoms with van der Waals surface area (Å²) in [5.74, 6) is -2.25. The van der Waals surface area contributed by atoms with Crippen molar-refractivity contribution in [2.45, 2.75) is 143 Å². The molecular weight excluding hydrogens is 991 g/mol. The van der Waals surface area contributed by atoms with Gasteiger partial charge in [-0.05, 0) is 74.5 Å². The highest BCUT2D eigenvalue weighted by Crippen LogP contribution is 2.27. The van der Waals surface area contributed by atoms with Crippen LogP contribution in [0.15, 0.2) is 55.5 Å². The number of fused-ring (bicyclic) bond motifs is 1. The van der Waals surface area contributed by atoms with Crippen LogP contribution >= 0.6 is 0 Å². The number of aliphatic hydroxyl groups is 1. The van der Waals surface area contributed by atoms with Crippen molar-refractivity contribution >= 4 is 63.4 Å². The van der Waals surface area contributed by atoms with Crippen molar-refractivity contribution in [2.75, 3.05) is 26.3 Å². The molecule has 1 aromatic carbocycles. The highest BCUT2D eigenvalue weighted by molar-refractivity contribution is 5.97. The number of ketones is 5. The lowest BCUT2D eigenvalue weighted by Crippen LogP contribution is -2.54. The van der Waals surface area contributed by atoms with E-state index in [0.717, 1.165) is 22.2 Å². The van der Waals surface area contributed by atoms with Crippen molar-refractivity contribution in [3.63, 3.8) is 0 Å². The van der Waals surface area contributed by atoms with Crippen molar-refractivity contribution < 1.29 is 53.1 Å². The molecule has 12 N–H and O–H groups in total. The number of Topliss-reactive ketones (excluding diaryl/α,β-unsaturated/α-hetero) is 5. The van der Waals surface area contributed by atoms with Gasteiger partial charge in [0.25, 0.3) is 0 Å². The number of aromatic nitrogens is 5. The molecule has 0 spiro atoms. The number of unbranched alkanes of at least 4 members (excludes halogenated alkanes) is 1. The number of carbonyl (C=O) groups excluding carboxylic acids is 9. The minimum atomic E-state index is -1.45. The summed E-state index contributed by atoms with van der Waals surface area (Å²) < 4.78 is 0. The standard InChI is InChI=1S/C55H81N11O11/c1-33(2)16-37(23-51(72)48(29-67)66-55(76)47(64-52(73)30-77-57)24-41-27-59-32-63-41)53(74)61-28-43(69)21-36(10-8-9-15-56)50(71)22-38(20-39-25-60-45-12-7-6-11-44(39)45)54(75)65-46(17-34(3)4)49(70)14-13-42(68)19-35(5)18-40-26-58-31-62-40/h6-7,11-12,25-27,31-38,46-48,60,67H,8-10,13-24,28-30,56-57H2,1-5H3,(H,58,62)(H,59,63)(H,61,74)(H,64,73)(H,65,75)(H,66,76). The maximum atomic E-state index is 14.5. The summed E-state index contributed by atoms with van der Waals surface area (Å²) in [5.41, 5.74) is 8.85. The van der Waals surface area contributed by atoms with Gasteiger partial charge < -0.3 is 47.1 Å². The molecule has 3 heterocycles. The van der Waals surface area contributed by atoms with E-state index in [9.17, 15) is 48.3 Å². The van der Waals surface area contributed by atoms with Gasteiger partial charge in [-0.3, -0.25) is 48.0 Å². The highest BCUT2D eigenvalue weighted by atomic mass is 16.6. The molecule has 22 nitrogen and oxygen atoms in total. The van der Waals surface area contributed by atoms with Gasteiger partial charge in [0.1, 0.15) is 30.3 Å². The average Bonchev–Trinajstić information content (AvgIpc) is 4.19. The van der Waals surface area contributed by atoms with Crippen LogP contribution in [0.4, 0.5) is 0 Å². The number of imidazole rings is 2. The second-order valence-electron chi connectivity index (χ2n) is 21.1. The Morgan fingerprint density at radius 1 is 0.649 bits per heavy atom. The molecule has 0 aliphatic rings. The van der Waals surface area contributed by atoms with Gasteiger partial charge in [0.05, 0.1) is 31.8 Å². The first-order valence-electron chi connectivity index (χ1n) is 26.7. The van der Waals surface area contributed by atoms with E-state index in [1.54, 1.807) is 18.7 Å². The highest BCUT2D eigenvalue weighted by Gasteiger charge is 2.34. The van der Waals surface area contributed by atoms with E-state index in [1.807, 2.05) is 58.9 Å². The number of para-hydroxylation sites is 1. The molecule has 422 valence electrons. The molecule has 7 unspecified atom stereocenters. The smallest absolute Gasteiger partial charge is 0.248 e. The number of nitrogens with zero attached hydrogens (tertiary/aromatic N) is 2. The minimum absolute atomic E-state index is 0.00438. The Bertz CT molecular complexity index is 2530. The van der Waals surface area contributed by atoms with Crippen molar-refractivity contribution in [1.82, 2.24) is 46.2 Å². The van der Waals surface area contributed by atoms with Gasteiger partial charge >= 0.3 is 0 Å². The van der Waals surface area contributed by atoms with Crippen molar-refractivity contribution in [1.29, 1.82) is 0 Å². The Morgan fingerprint density at radius 3 is 1.95 bits per heavy atom. The largest absolute Gasteiger partial charge is 0.394 e. The van der Waals surface area contributed by atoms with Crippen LogP contribution in [-0.2, 0) is 67.3 Å². The Hall–Kier alpha value is -6.75. The first kappa shape index (κ1) is 62.8. The van der Waals surface area contributed by atoms with E-state index in [1.165, 1.54) is 12.5 Å². The summed E-state index contributed by atoms with van der Waals surface area (Å²) >= 11 is 0. The van der Waals surface area contributed by atoms with Gasteiger partial charge in [0.15, 0.2) is 17.3 Å². The third-order valence-electron chi connectivity index (χ3n) is 13.4. The molecule has 0 aliphatic carbocycles. The molecule has 0 radical (unpaired) electrons. The summed E-state index contributed by atoms with van der Waals surface area (Å²) in [6, 6.07) is 3.98. The Morgan fingerprint density at radius 2 is 1.31 bits per heavy atom.